The van der Waals surface area contributed by atoms with Crippen LogP contribution in [0.4, 0.5) is 0 Å². The highest BCUT2D eigenvalue weighted by molar-refractivity contribution is 5.92. The summed E-state index contributed by atoms with van der Waals surface area (Å²) >= 11 is 0. The summed E-state index contributed by atoms with van der Waals surface area (Å²) in [6, 6.07) is 0. The molecule has 0 aliphatic rings. The fourth-order valence-corrected chi connectivity index (χ4v) is 0.992. The van der Waals surface area contributed by atoms with Crippen molar-refractivity contribution in [2.75, 3.05) is 7.05 Å². The molecule has 2 heteroatoms. The third kappa shape index (κ3) is 3.21. The van der Waals surface area contributed by atoms with Gasteiger partial charge in [0.05, 0.1) is 0 Å². The minimum Gasteiger partial charge on any atom is -0.355 e. The highest BCUT2D eigenvalue weighted by Gasteiger charge is 2.11. The van der Waals surface area contributed by atoms with Crippen LogP contribution in [0.5, 0.6) is 0 Å². The standard InChI is InChI=1S/C9H17NO/c1-5-6-7(2)8(3)9(11)10-4/h7H,3,5-6H2,1-2,4H3,(H,10,11). The minimum atomic E-state index is -0.0362. The normalized spacial score (nSPS) is 12.3. The first-order valence-corrected chi connectivity index (χ1v) is 4.04. The van der Waals surface area contributed by atoms with E-state index in [0.29, 0.717) is 11.5 Å². The lowest BCUT2D eigenvalue weighted by molar-refractivity contribution is -0.117. The van der Waals surface area contributed by atoms with Crippen LogP contribution in [-0.2, 0) is 4.79 Å². The average molecular weight is 155 g/mol. The van der Waals surface area contributed by atoms with Gasteiger partial charge in [0.2, 0.25) is 5.91 Å². The number of amides is 1. The molecule has 1 amide bonds. The number of hydrogen-bond donors (Lipinski definition) is 1. The van der Waals surface area contributed by atoms with Crippen LogP contribution in [-0.4, -0.2) is 13.0 Å². The Labute approximate surface area is 68.7 Å². The van der Waals surface area contributed by atoms with Gasteiger partial charge < -0.3 is 5.32 Å². The third-order valence-electron chi connectivity index (χ3n) is 1.84. The van der Waals surface area contributed by atoms with E-state index < -0.39 is 0 Å². The SMILES string of the molecule is C=C(C(=O)NC)C(C)CCC. The number of hydrogen-bond acceptors (Lipinski definition) is 1. The van der Waals surface area contributed by atoms with Gasteiger partial charge >= 0.3 is 0 Å². The van der Waals surface area contributed by atoms with Gasteiger partial charge in [-0.05, 0) is 12.3 Å². The Hall–Kier alpha value is -0.790. The van der Waals surface area contributed by atoms with E-state index in [0.717, 1.165) is 12.8 Å². The Bertz CT molecular complexity index is 152. The first-order valence-electron chi connectivity index (χ1n) is 4.04. The Morgan fingerprint density at radius 1 is 1.64 bits per heavy atom. The van der Waals surface area contributed by atoms with Crippen LogP contribution in [0.2, 0.25) is 0 Å². The van der Waals surface area contributed by atoms with Crippen LogP contribution in [0, 0.1) is 5.92 Å². The molecule has 0 rings (SSSR count). The van der Waals surface area contributed by atoms with Crippen molar-refractivity contribution in [1.29, 1.82) is 0 Å². The number of likely N-dealkylation sites (N-methyl/N-ethyl adjacent to an activating group) is 1. The molecule has 0 fully saturated rings. The zero-order valence-electron chi connectivity index (χ0n) is 7.61. The molecule has 0 radical (unpaired) electrons. The highest BCUT2D eigenvalue weighted by Crippen LogP contribution is 2.13. The molecule has 0 aromatic heterocycles. The number of carbonyl (C=O) groups is 1. The average Bonchev–Trinajstić information content (AvgIpc) is 2.02. The second-order valence-corrected chi connectivity index (χ2v) is 2.79. The molecule has 0 aliphatic carbocycles. The maximum atomic E-state index is 11.0. The molecule has 1 N–H and O–H groups in total. The van der Waals surface area contributed by atoms with Crippen molar-refractivity contribution in [2.45, 2.75) is 26.7 Å². The molecule has 1 unspecified atom stereocenters. The van der Waals surface area contributed by atoms with Crippen LogP contribution < -0.4 is 5.32 Å². The molecule has 0 aromatic rings. The quantitative estimate of drug-likeness (QED) is 0.615. The molecule has 0 aromatic carbocycles. The van der Waals surface area contributed by atoms with Crippen LogP contribution in [0.25, 0.3) is 0 Å². The second-order valence-electron chi connectivity index (χ2n) is 2.79. The molecule has 2 nitrogen and oxygen atoms in total. The van der Waals surface area contributed by atoms with Crippen molar-refractivity contribution in [2.24, 2.45) is 5.92 Å². The summed E-state index contributed by atoms with van der Waals surface area (Å²) < 4.78 is 0. The van der Waals surface area contributed by atoms with Crippen molar-refractivity contribution < 1.29 is 4.79 Å². The first-order chi connectivity index (χ1) is 5.13. The summed E-state index contributed by atoms with van der Waals surface area (Å²) in [6.07, 6.45) is 2.13. The minimum absolute atomic E-state index is 0.0362. The van der Waals surface area contributed by atoms with Crippen molar-refractivity contribution >= 4 is 5.91 Å². The van der Waals surface area contributed by atoms with Gasteiger partial charge in [-0.3, -0.25) is 4.79 Å². The molecular weight excluding hydrogens is 138 g/mol. The van der Waals surface area contributed by atoms with E-state index in [1.165, 1.54) is 0 Å². The molecule has 11 heavy (non-hydrogen) atoms. The maximum absolute atomic E-state index is 11.0. The second kappa shape index (κ2) is 4.94. The van der Waals surface area contributed by atoms with Gasteiger partial charge in [0.15, 0.2) is 0 Å². The Morgan fingerprint density at radius 3 is 2.55 bits per heavy atom. The zero-order valence-corrected chi connectivity index (χ0v) is 7.61. The van der Waals surface area contributed by atoms with E-state index in [2.05, 4.69) is 18.8 Å². The lowest BCUT2D eigenvalue weighted by Gasteiger charge is -2.11. The summed E-state index contributed by atoms with van der Waals surface area (Å²) in [4.78, 5) is 11.0. The van der Waals surface area contributed by atoms with Crippen LogP contribution in [0.1, 0.15) is 26.7 Å². The summed E-state index contributed by atoms with van der Waals surface area (Å²) in [7, 11) is 1.63. The highest BCUT2D eigenvalue weighted by atomic mass is 16.1. The van der Waals surface area contributed by atoms with E-state index in [1.807, 2.05) is 6.92 Å². The van der Waals surface area contributed by atoms with Gasteiger partial charge in [0.25, 0.3) is 0 Å². The smallest absolute Gasteiger partial charge is 0.246 e. The third-order valence-corrected chi connectivity index (χ3v) is 1.84. The number of rotatable bonds is 4. The zero-order chi connectivity index (χ0) is 8.85. The van der Waals surface area contributed by atoms with Gasteiger partial charge in [0, 0.05) is 12.6 Å². The summed E-state index contributed by atoms with van der Waals surface area (Å²) in [5, 5.41) is 2.57. The monoisotopic (exact) mass is 155 g/mol. The summed E-state index contributed by atoms with van der Waals surface area (Å²) in [5.41, 5.74) is 0.689. The summed E-state index contributed by atoms with van der Waals surface area (Å²) in [5.74, 6) is 0.269. The molecule has 64 valence electrons. The Kier molecular flexibility index (Phi) is 4.59. The van der Waals surface area contributed by atoms with Crippen molar-refractivity contribution in [1.82, 2.24) is 5.32 Å². The molecule has 0 heterocycles. The largest absolute Gasteiger partial charge is 0.355 e. The topological polar surface area (TPSA) is 29.1 Å². The van der Waals surface area contributed by atoms with Gasteiger partial charge in [-0.2, -0.15) is 0 Å². The van der Waals surface area contributed by atoms with E-state index in [1.54, 1.807) is 7.05 Å². The molecule has 0 spiro atoms. The van der Waals surface area contributed by atoms with E-state index in [4.69, 9.17) is 0 Å². The number of nitrogens with one attached hydrogen (secondary N) is 1. The van der Waals surface area contributed by atoms with Crippen molar-refractivity contribution in [3.8, 4) is 0 Å². The van der Waals surface area contributed by atoms with Crippen LogP contribution in [0.15, 0.2) is 12.2 Å². The molecule has 1 atom stereocenters. The Balaban J connectivity index is 3.91. The van der Waals surface area contributed by atoms with Crippen LogP contribution >= 0.6 is 0 Å². The van der Waals surface area contributed by atoms with Crippen molar-refractivity contribution in [3.63, 3.8) is 0 Å². The Morgan fingerprint density at radius 2 is 2.18 bits per heavy atom. The van der Waals surface area contributed by atoms with E-state index in [9.17, 15) is 4.79 Å². The lowest BCUT2D eigenvalue weighted by atomic mass is 9.97. The van der Waals surface area contributed by atoms with Crippen LogP contribution in [0.3, 0.4) is 0 Å². The fourth-order valence-electron chi connectivity index (χ4n) is 0.992. The molecular formula is C9H17NO. The fraction of sp³-hybridized carbons (Fsp3) is 0.667. The summed E-state index contributed by atoms with van der Waals surface area (Å²) in [6.45, 7) is 7.87. The maximum Gasteiger partial charge on any atom is 0.246 e. The lowest BCUT2D eigenvalue weighted by Crippen LogP contribution is -2.22. The molecule has 0 saturated heterocycles. The van der Waals surface area contributed by atoms with E-state index in [-0.39, 0.29) is 5.91 Å². The van der Waals surface area contributed by atoms with Gasteiger partial charge in [-0.1, -0.05) is 26.8 Å². The molecule has 0 saturated carbocycles. The first kappa shape index (κ1) is 10.2. The van der Waals surface area contributed by atoms with Gasteiger partial charge in [0.1, 0.15) is 0 Å². The molecule has 0 bridgehead atoms. The molecule has 0 aliphatic heterocycles. The predicted molar refractivity (Wildman–Crippen MR) is 47.3 cm³/mol. The predicted octanol–water partition coefficient (Wildman–Crippen LogP) is 1.72. The van der Waals surface area contributed by atoms with Gasteiger partial charge in [-0.25, -0.2) is 0 Å². The van der Waals surface area contributed by atoms with Crippen molar-refractivity contribution in [3.05, 3.63) is 12.2 Å². The van der Waals surface area contributed by atoms with E-state index >= 15 is 0 Å². The number of carbonyl (C=O) groups excluding carboxylic acids is 1. The van der Waals surface area contributed by atoms with Gasteiger partial charge in [-0.15, -0.1) is 0 Å².